The van der Waals surface area contributed by atoms with Gasteiger partial charge >= 0.3 is 0 Å². The zero-order chi connectivity index (χ0) is 13.1. The molecule has 0 atom stereocenters. The summed E-state index contributed by atoms with van der Waals surface area (Å²) in [4.78, 5) is 4.47. The van der Waals surface area contributed by atoms with Gasteiger partial charge < -0.3 is 0 Å². The van der Waals surface area contributed by atoms with Gasteiger partial charge in [-0.2, -0.15) is 10.2 Å². The number of aryl methyl sites for hydroxylation is 1. The molecule has 1 N–H and O–H groups in total. The lowest BCUT2D eigenvalue weighted by Gasteiger charge is -2.01. The van der Waals surface area contributed by atoms with Crippen molar-refractivity contribution in [3.05, 3.63) is 54.4 Å². The summed E-state index contributed by atoms with van der Waals surface area (Å²) in [5.74, 6) is 0.721. The smallest absolute Gasteiger partial charge is 0.146 e. The molecule has 0 amide bonds. The van der Waals surface area contributed by atoms with E-state index in [1.54, 1.807) is 17.1 Å². The van der Waals surface area contributed by atoms with Crippen LogP contribution in [0.25, 0.3) is 10.9 Å². The number of anilines is 1. The van der Waals surface area contributed by atoms with Gasteiger partial charge in [-0.25, -0.2) is 4.98 Å². The molecular formula is C14H13N5. The summed E-state index contributed by atoms with van der Waals surface area (Å²) in [5.41, 5.74) is 4.80. The van der Waals surface area contributed by atoms with Gasteiger partial charge in [-0.15, -0.1) is 0 Å². The Labute approximate surface area is 110 Å². The first-order valence-corrected chi connectivity index (χ1v) is 5.95. The minimum atomic E-state index is 0.721. The molecule has 0 saturated heterocycles. The molecule has 0 spiro atoms. The van der Waals surface area contributed by atoms with Crippen LogP contribution in [0.3, 0.4) is 0 Å². The van der Waals surface area contributed by atoms with E-state index < -0.39 is 0 Å². The van der Waals surface area contributed by atoms with Gasteiger partial charge in [0.15, 0.2) is 0 Å². The molecule has 0 radical (unpaired) electrons. The van der Waals surface area contributed by atoms with Crippen LogP contribution < -0.4 is 5.43 Å². The Hall–Kier alpha value is -2.69. The Morgan fingerprint density at radius 2 is 2.11 bits per heavy atom. The van der Waals surface area contributed by atoms with Crippen molar-refractivity contribution in [3.8, 4) is 0 Å². The van der Waals surface area contributed by atoms with Crippen LogP contribution in [0.1, 0.15) is 5.56 Å². The van der Waals surface area contributed by atoms with Crippen LogP contribution in [0.15, 0.2) is 53.9 Å². The number of fused-ring (bicyclic) bond motifs is 1. The molecule has 0 unspecified atom stereocenters. The van der Waals surface area contributed by atoms with E-state index in [2.05, 4.69) is 20.6 Å². The molecule has 5 heteroatoms. The number of benzene rings is 1. The number of nitrogens with one attached hydrogen (secondary N) is 1. The predicted octanol–water partition coefficient (Wildman–Crippen LogP) is 2.41. The minimum Gasteiger partial charge on any atom is -0.275 e. The van der Waals surface area contributed by atoms with Crippen LogP contribution in [-0.2, 0) is 7.05 Å². The standard InChI is InChI=1S/C14H13N5/c1-19-10-11(9-16-19)8-15-18-14-7-6-12-4-2-3-5-13(12)17-14/h2-10H,1H3,(H,17,18)/b15-8+. The first kappa shape index (κ1) is 11.4. The van der Waals surface area contributed by atoms with Crippen LogP contribution in [-0.4, -0.2) is 21.0 Å². The molecule has 5 nitrogen and oxygen atoms in total. The Morgan fingerprint density at radius 3 is 2.95 bits per heavy atom. The van der Waals surface area contributed by atoms with Gasteiger partial charge in [0, 0.05) is 24.2 Å². The Bertz CT molecular complexity index is 729. The zero-order valence-corrected chi connectivity index (χ0v) is 10.5. The molecule has 2 heterocycles. The molecule has 0 fully saturated rings. The fourth-order valence-corrected chi connectivity index (χ4v) is 1.81. The number of rotatable bonds is 3. The van der Waals surface area contributed by atoms with E-state index in [0.29, 0.717) is 0 Å². The molecule has 0 aliphatic carbocycles. The van der Waals surface area contributed by atoms with Crippen LogP contribution in [0.2, 0.25) is 0 Å². The average Bonchev–Trinajstić information content (AvgIpc) is 2.84. The maximum absolute atomic E-state index is 4.47. The van der Waals surface area contributed by atoms with Crippen LogP contribution in [0.5, 0.6) is 0 Å². The number of para-hydroxylation sites is 1. The van der Waals surface area contributed by atoms with E-state index in [0.717, 1.165) is 22.3 Å². The number of hydrogen-bond acceptors (Lipinski definition) is 4. The highest BCUT2D eigenvalue weighted by molar-refractivity contribution is 5.81. The second-order valence-corrected chi connectivity index (χ2v) is 4.21. The number of pyridine rings is 1. The highest BCUT2D eigenvalue weighted by Crippen LogP contribution is 2.14. The lowest BCUT2D eigenvalue weighted by molar-refractivity contribution is 0.767. The molecule has 0 aliphatic heterocycles. The lowest BCUT2D eigenvalue weighted by Crippen LogP contribution is -1.93. The van der Waals surface area contributed by atoms with Crippen molar-refractivity contribution in [2.45, 2.75) is 0 Å². The molecular weight excluding hydrogens is 238 g/mol. The van der Waals surface area contributed by atoms with Gasteiger partial charge in [-0.1, -0.05) is 18.2 Å². The highest BCUT2D eigenvalue weighted by atomic mass is 15.3. The first-order chi connectivity index (χ1) is 9.31. The molecule has 19 heavy (non-hydrogen) atoms. The van der Waals surface area contributed by atoms with Crippen molar-refractivity contribution < 1.29 is 0 Å². The summed E-state index contributed by atoms with van der Waals surface area (Å²) in [6.45, 7) is 0. The van der Waals surface area contributed by atoms with Crippen molar-refractivity contribution in [1.82, 2.24) is 14.8 Å². The Kier molecular flexibility index (Phi) is 2.94. The normalized spacial score (nSPS) is 11.2. The van der Waals surface area contributed by atoms with E-state index in [1.165, 1.54) is 0 Å². The fraction of sp³-hybridized carbons (Fsp3) is 0.0714. The topological polar surface area (TPSA) is 55.1 Å². The SMILES string of the molecule is Cn1cc(/C=N/Nc2ccc3ccccc3n2)cn1. The molecule has 0 saturated carbocycles. The fourth-order valence-electron chi connectivity index (χ4n) is 1.81. The summed E-state index contributed by atoms with van der Waals surface area (Å²) in [6.07, 6.45) is 5.35. The highest BCUT2D eigenvalue weighted by Gasteiger charge is 1.96. The number of aromatic nitrogens is 3. The minimum absolute atomic E-state index is 0.721. The van der Waals surface area contributed by atoms with Gasteiger partial charge in [-0.05, 0) is 18.2 Å². The molecule has 94 valence electrons. The summed E-state index contributed by atoms with van der Waals surface area (Å²) in [7, 11) is 1.87. The largest absolute Gasteiger partial charge is 0.275 e. The van der Waals surface area contributed by atoms with E-state index in [-0.39, 0.29) is 0 Å². The summed E-state index contributed by atoms with van der Waals surface area (Å²) >= 11 is 0. The quantitative estimate of drug-likeness (QED) is 0.574. The Balaban J connectivity index is 1.76. The van der Waals surface area contributed by atoms with E-state index in [4.69, 9.17) is 0 Å². The van der Waals surface area contributed by atoms with Gasteiger partial charge in [0.05, 0.1) is 17.9 Å². The monoisotopic (exact) mass is 251 g/mol. The van der Waals surface area contributed by atoms with Crippen LogP contribution in [0.4, 0.5) is 5.82 Å². The Morgan fingerprint density at radius 1 is 1.21 bits per heavy atom. The van der Waals surface area contributed by atoms with Crippen LogP contribution >= 0.6 is 0 Å². The maximum atomic E-state index is 4.47. The maximum Gasteiger partial charge on any atom is 0.146 e. The van der Waals surface area contributed by atoms with Gasteiger partial charge in [0.1, 0.15) is 5.82 Å². The molecule has 2 aromatic heterocycles. The zero-order valence-electron chi connectivity index (χ0n) is 10.5. The van der Waals surface area contributed by atoms with Crippen molar-refractivity contribution in [2.75, 3.05) is 5.43 Å². The number of hydrazone groups is 1. The van der Waals surface area contributed by atoms with E-state index >= 15 is 0 Å². The molecule has 0 bridgehead atoms. The van der Waals surface area contributed by atoms with E-state index in [9.17, 15) is 0 Å². The van der Waals surface area contributed by atoms with Crippen LogP contribution in [0, 0.1) is 0 Å². The molecule has 3 aromatic rings. The summed E-state index contributed by atoms with van der Waals surface area (Å²) in [6, 6.07) is 11.9. The number of nitrogens with zero attached hydrogens (tertiary/aromatic N) is 4. The third-order valence-corrected chi connectivity index (χ3v) is 2.72. The van der Waals surface area contributed by atoms with Gasteiger partial charge in [0.25, 0.3) is 0 Å². The van der Waals surface area contributed by atoms with Crippen molar-refractivity contribution >= 4 is 22.9 Å². The van der Waals surface area contributed by atoms with Gasteiger partial charge in [0.2, 0.25) is 0 Å². The third kappa shape index (κ3) is 2.60. The summed E-state index contributed by atoms with van der Waals surface area (Å²) < 4.78 is 1.73. The van der Waals surface area contributed by atoms with E-state index in [1.807, 2.05) is 49.6 Å². The first-order valence-electron chi connectivity index (χ1n) is 5.95. The lowest BCUT2D eigenvalue weighted by atomic mass is 10.2. The third-order valence-electron chi connectivity index (χ3n) is 2.72. The van der Waals surface area contributed by atoms with Crippen molar-refractivity contribution in [1.29, 1.82) is 0 Å². The predicted molar refractivity (Wildman–Crippen MR) is 76.2 cm³/mol. The molecule has 3 rings (SSSR count). The van der Waals surface area contributed by atoms with Crippen molar-refractivity contribution in [3.63, 3.8) is 0 Å². The second-order valence-electron chi connectivity index (χ2n) is 4.21. The molecule has 1 aromatic carbocycles. The second kappa shape index (κ2) is 4.89. The summed E-state index contributed by atoms with van der Waals surface area (Å²) in [5, 5.41) is 9.32. The van der Waals surface area contributed by atoms with Gasteiger partial charge in [-0.3, -0.25) is 10.1 Å². The molecule has 0 aliphatic rings. The number of hydrogen-bond donors (Lipinski definition) is 1. The van der Waals surface area contributed by atoms with Crippen molar-refractivity contribution in [2.24, 2.45) is 12.1 Å². The average molecular weight is 251 g/mol.